The number of anilines is 1. The Bertz CT molecular complexity index is 1130. The maximum atomic E-state index is 12.8. The molecule has 0 saturated heterocycles. The molecule has 0 aliphatic carbocycles. The average Bonchev–Trinajstić information content (AvgIpc) is 3.30. The number of hydrogen-bond donors (Lipinski definition) is 0. The lowest BCUT2D eigenvalue weighted by Gasteiger charge is -2.19. The molecule has 9 heteroatoms. The van der Waals surface area contributed by atoms with E-state index in [9.17, 15) is 18.0 Å². The van der Waals surface area contributed by atoms with Gasteiger partial charge in [0.25, 0.3) is 15.9 Å². The third-order valence-corrected chi connectivity index (χ3v) is 7.25. The minimum atomic E-state index is -3.77. The van der Waals surface area contributed by atoms with Gasteiger partial charge in [-0.2, -0.15) is 0 Å². The lowest BCUT2D eigenvalue weighted by atomic mass is 10.2. The number of para-hydroxylation sites is 1. The molecule has 0 N–H and O–H groups in total. The molecule has 0 saturated carbocycles. The summed E-state index contributed by atoms with van der Waals surface area (Å²) < 4.78 is 31.8. The molecule has 1 aromatic heterocycles. The van der Waals surface area contributed by atoms with E-state index in [1.807, 2.05) is 17.5 Å². The third-order valence-electron chi connectivity index (χ3n) is 4.59. The quantitative estimate of drug-likeness (QED) is 0.483. The molecule has 162 valence electrons. The number of esters is 1. The summed E-state index contributed by atoms with van der Waals surface area (Å²) in [6, 6.07) is 17.9. The highest BCUT2D eigenvalue weighted by Gasteiger charge is 2.22. The first-order valence-electron chi connectivity index (χ1n) is 9.36. The van der Waals surface area contributed by atoms with Gasteiger partial charge in [-0.15, -0.1) is 11.3 Å². The molecule has 31 heavy (non-hydrogen) atoms. The number of nitrogens with zero attached hydrogens (tertiary/aromatic N) is 2. The fourth-order valence-electron chi connectivity index (χ4n) is 2.74. The van der Waals surface area contributed by atoms with Crippen molar-refractivity contribution in [3.8, 4) is 0 Å². The largest absolute Gasteiger partial charge is 0.452 e. The minimum Gasteiger partial charge on any atom is -0.452 e. The van der Waals surface area contributed by atoms with E-state index in [-0.39, 0.29) is 16.4 Å². The van der Waals surface area contributed by atoms with Crippen molar-refractivity contribution in [1.82, 2.24) is 4.90 Å². The number of sulfonamides is 1. The molecule has 0 unspecified atom stereocenters. The number of carbonyl (C=O) groups is 2. The molecule has 1 heterocycles. The van der Waals surface area contributed by atoms with Crippen molar-refractivity contribution >= 4 is 38.9 Å². The molecule has 0 radical (unpaired) electrons. The van der Waals surface area contributed by atoms with Crippen molar-refractivity contribution in [3.05, 3.63) is 82.6 Å². The summed E-state index contributed by atoms with van der Waals surface area (Å²) >= 11 is 1.54. The van der Waals surface area contributed by atoms with Gasteiger partial charge in [-0.25, -0.2) is 13.2 Å². The Morgan fingerprint density at radius 3 is 2.23 bits per heavy atom. The van der Waals surface area contributed by atoms with Crippen LogP contribution in [0.1, 0.15) is 15.2 Å². The smallest absolute Gasteiger partial charge is 0.338 e. The summed E-state index contributed by atoms with van der Waals surface area (Å²) in [7, 11) is -0.674. The maximum absolute atomic E-state index is 12.8. The normalized spacial score (nSPS) is 11.0. The van der Waals surface area contributed by atoms with Crippen LogP contribution in [0.25, 0.3) is 0 Å². The van der Waals surface area contributed by atoms with Gasteiger partial charge in [0.1, 0.15) is 0 Å². The van der Waals surface area contributed by atoms with Gasteiger partial charge < -0.3 is 9.64 Å². The number of amides is 1. The topological polar surface area (TPSA) is 84.0 Å². The first kappa shape index (κ1) is 22.5. The van der Waals surface area contributed by atoms with Crippen molar-refractivity contribution in [3.63, 3.8) is 0 Å². The van der Waals surface area contributed by atoms with E-state index in [1.54, 1.807) is 37.4 Å². The molecule has 0 fully saturated rings. The van der Waals surface area contributed by atoms with Crippen LogP contribution < -0.4 is 4.31 Å². The summed E-state index contributed by atoms with van der Waals surface area (Å²) in [5, 5.41) is 1.93. The standard InChI is InChI=1S/C22H22N2O5S2/c1-23(15-19-9-6-14-30-19)21(25)16-29-22(26)17-10-12-20(13-11-17)31(27,28)24(2)18-7-4-3-5-8-18/h3-14H,15-16H2,1-2H3. The number of hydrogen-bond acceptors (Lipinski definition) is 6. The molecule has 3 aromatic rings. The predicted molar refractivity (Wildman–Crippen MR) is 120 cm³/mol. The summed E-state index contributed by atoms with van der Waals surface area (Å²) in [6.45, 7) is 0.0487. The van der Waals surface area contributed by atoms with E-state index in [4.69, 9.17) is 4.74 Å². The van der Waals surface area contributed by atoms with Crippen LogP contribution in [0.4, 0.5) is 5.69 Å². The van der Waals surface area contributed by atoms with Crippen molar-refractivity contribution in [2.45, 2.75) is 11.4 Å². The zero-order chi connectivity index (χ0) is 22.4. The monoisotopic (exact) mass is 458 g/mol. The minimum absolute atomic E-state index is 0.0437. The van der Waals surface area contributed by atoms with Gasteiger partial charge in [0.05, 0.1) is 22.7 Å². The third kappa shape index (κ3) is 5.50. The van der Waals surface area contributed by atoms with Gasteiger partial charge >= 0.3 is 5.97 Å². The first-order valence-corrected chi connectivity index (χ1v) is 11.7. The Kier molecular flexibility index (Phi) is 7.09. The second kappa shape index (κ2) is 9.76. The summed E-state index contributed by atoms with van der Waals surface area (Å²) in [6.07, 6.45) is 0. The Labute approximate surface area is 185 Å². The fourth-order valence-corrected chi connectivity index (χ4v) is 4.70. The van der Waals surface area contributed by atoms with E-state index in [0.29, 0.717) is 12.2 Å². The number of thiophene rings is 1. The predicted octanol–water partition coefficient (Wildman–Crippen LogP) is 3.39. The highest BCUT2D eigenvalue weighted by Crippen LogP contribution is 2.22. The van der Waals surface area contributed by atoms with Crippen LogP contribution in [0.2, 0.25) is 0 Å². The van der Waals surface area contributed by atoms with Gasteiger partial charge in [0.15, 0.2) is 6.61 Å². The first-order chi connectivity index (χ1) is 14.8. The van der Waals surface area contributed by atoms with Crippen LogP contribution in [-0.4, -0.2) is 45.9 Å². The zero-order valence-electron chi connectivity index (χ0n) is 17.1. The Morgan fingerprint density at radius 2 is 1.61 bits per heavy atom. The summed E-state index contributed by atoms with van der Waals surface area (Å²) in [4.78, 5) is 27.0. The summed E-state index contributed by atoms with van der Waals surface area (Å²) in [5.41, 5.74) is 0.686. The number of carbonyl (C=O) groups excluding carboxylic acids is 2. The lowest BCUT2D eigenvalue weighted by molar-refractivity contribution is -0.133. The molecular weight excluding hydrogens is 436 g/mol. The van der Waals surface area contributed by atoms with Crippen LogP contribution in [0.5, 0.6) is 0 Å². The van der Waals surface area contributed by atoms with Crippen LogP contribution in [0, 0.1) is 0 Å². The van der Waals surface area contributed by atoms with Gasteiger partial charge in [0, 0.05) is 19.0 Å². The lowest BCUT2D eigenvalue weighted by Crippen LogP contribution is -2.30. The van der Waals surface area contributed by atoms with E-state index in [0.717, 1.165) is 4.88 Å². The van der Waals surface area contributed by atoms with E-state index in [2.05, 4.69) is 0 Å². The van der Waals surface area contributed by atoms with Crippen LogP contribution in [0.3, 0.4) is 0 Å². The van der Waals surface area contributed by atoms with Crippen molar-refractivity contribution in [2.24, 2.45) is 0 Å². The SMILES string of the molecule is CN(Cc1cccs1)C(=O)COC(=O)c1ccc(S(=O)(=O)N(C)c2ccccc2)cc1. The molecule has 0 spiro atoms. The van der Waals surface area contributed by atoms with E-state index < -0.39 is 22.6 Å². The Balaban J connectivity index is 1.60. The average molecular weight is 459 g/mol. The molecule has 0 bridgehead atoms. The molecule has 0 atom stereocenters. The van der Waals surface area contributed by atoms with Crippen molar-refractivity contribution < 1.29 is 22.7 Å². The van der Waals surface area contributed by atoms with Crippen LogP contribution in [0.15, 0.2) is 77.0 Å². The molecule has 7 nitrogen and oxygen atoms in total. The molecule has 1 amide bonds. The van der Waals surface area contributed by atoms with Crippen molar-refractivity contribution in [2.75, 3.05) is 25.0 Å². The fraction of sp³-hybridized carbons (Fsp3) is 0.182. The molecule has 2 aromatic carbocycles. The van der Waals surface area contributed by atoms with Gasteiger partial charge in [-0.05, 0) is 47.8 Å². The van der Waals surface area contributed by atoms with Crippen LogP contribution in [-0.2, 0) is 26.1 Å². The van der Waals surface area contributed by atoms with Gasteiger partial charge in [0.2, 0.25) is 0 Å². The molecule has 3 rings (SSSR count). The molecule has 0 aliphatic heterocycles. The Hall–Kier alpha value is -3.17. The highest BCUT2D eigenvalue weighted by atomic mass is 32.2. The maximum Gasteiger partial charge on any atom is 0.338 e. The number of rotatable bonds is 8. The summed E-state index contributed by atoms with van der Waals surface area (Å²) in [5.74, 6) is -1.02. The Morgan fingerprint density at radius 1 is 0.935 bits per heavy atom. The van der Waals surface area contributed by atoms with Gasteiger partial charge in [-0.1, -0.05) is 24.3 Å². The zero-order valence-corrected chi connectivity index (χ0v) is 18.7. The highest BCUT2D eigenvalue weighted by molar-refractivity contribution is 7.92. The van der Waals surface area contributed by atoms with Crippen molar-refractivity contribution in [1.29, 1.82) is 0 Å². The number of benzene rings is 2. The second-order valence-electron chi connectivity index (χ2n) is 6.74. The van der Waals surface area contributed by atoms with E-state index in [1.165, 1.54) is 51.9 Å². The van der Waals surface area contributed by atoms with Gasteiger partial charge in [-0.3, -0.25) is 9.10 Å². The van der Waals surface area contributed by atoms with Crippen LogP contribution >= 0.6 is 11.3 Å². The number of ether oxygens (including phenoxy) is 1. The number of likely N-dealkylation sites (N-methyl/N-ethyl adjacent to an activating group) is 1. The van der Waals surface area contributed by atoms with E-state index >= 15 is 0 Å². The second-order valence-corrected chi connectivity index (χ2v) is 9.74. The molecule has 0 aliphatic rings. The molecular formula is C22H22N2O5S2.